The number of imidazole rings is 1. The van der Waals surface area contributed by atoms with Crippen LogP contribution >= 0.6 is 0 Å². The Kier molecular flexibility index (Phi) is 4.48. The first kappa shape index (κ1) is 15.4. The molecule has 3 nitrogen and oxygen atoms in total. The van der Waals surface area contributed by atoms with Crippen LogP contribution in [0.4, 0.5) is 8.78 Å². The summed E-state index contributed by atoms with van der Waals surface area (Å²) in [7, 11) is 0. The van der Waals surface area contributed by atoms with Gasteiger partial charge in [0.15, 0.2) is 11.6 Å². The van der Waals surface area contributed by atoms with E-state index in [-0.39, 0.29) is 0 Å². The van der Waals surface area contributed by atoms with E-state index in [0.29, 0.717) is 25.1 Å². The number of hydrogen-bond acceptors (Lipinski definition) is 2. The molecule has 1 heterocycles. The Morgan fingerprint density at radius 1 is 0.957 bits per heavy atom. The van der Waals surface area contributed by atoms with Gasteiger partial charge < -0.3 is 10.3 Å². The third kappa shape index (κ3) is 3.63. The van der Waals surface area contributed by atoms with E-state index < -0.39 is 11.6 Å². The summed E-state index contributed by atoms with van der Waals surface area (Å²) in [6.07, 6.45) is 4.03. The Morgan fingerprint density at radius 3 is 2.57 bits per heavy atom. The molecule has 0 aliphatic rings. The summed E-state index contributed by atoms with van der Waals surface area (Å²) >= 11 is 0. The van der Waals surface area contributed by atoms with E-state index in [4.69, 9.17) is 5.73 Å². The van der Waals surface area contributed by atoms with Gasteiger partial charge in [-0.05, 0) is 28.8 Å². The number of benzene rings is 2. The van der Waals surface area contributed by atoms with Crippen molar-refractivity contribution in [1.29, 1.82) is 0 Å². The SMILES string of the molecule is NCc1cccc(Cn2ccnc2Cc2ccc(F)c(F)c2)c1. The minimum atomic E-state index is -0.837. The largest absolute Gasteiger partial charge is 0.330 e. The first-order valence-electron chi connectivity index (χ1n) is 7.37. The molecule has 2 N–H and O–H groups in total. The number of hydrogen-bond donors (Lipinski definition) is 1. The highest BCUT2D eigenvalue weighted by atomic mass is 19.2. The van der Waals surface area contributed by atoms with Crippen molar-refractivity contribution < 1.29 is 8.78 Å². The third-order valence-corrected chi connectivity index (χ3v) is 3.73. The van der Waals surface area contributed by atoms with Crippen LogP contribution in [0.2, 0.25) is 0 Å². The summed E-state index contributed by atoms with van der Waals surface area (Å²) in [5, 5.41) is 0. The highest BCUT2D eigenvalue weighted by molar-refractivity contribution is 5.25. The first-order chi connectivity index (χ1) is 11.2. The summed E-state index contributed by atoms with van der Waals surface area (Å²) in [6, 6.07) is 12.0. The standard InChI is InChI=1S/C18H17F2N3/c19-16-5-4-13(9-17(16)20)10-18-22-6-7-23(18)12-15-3-1-2-14(8-15)11-21/h1-9H,10-12,21H2. The normalized spacial score (nSPS) is 10.9. The van der Waals surface area contributed by atoms with Crippen LogP contribution in [0.1, 0.15) is 22.5 Å². The number of aromatic nitrogens is 2. The summed E-state index contributed by atoms with van der Waals surface area (Å²) in [5.74, 6) is -0.874. The van der Waals surface area contributed by atoms with Crippen LogP contribution in [0, 0.1) is 11.6 Å². The zero-order valence-electron chi connectivity index (χ0n) is 12.5. The van der Waals surface area contributed by atoms with Crippen LogP contribution in [0.3, 0.4) is 0 Å². The average molecular weight is 313 g/mol. The molecule has 5 heteroatoms. The topological polar surface area (TPSA) is 43.8 Å². The molecule has 1 aromatic heterocycles. The lowest BCUT2D eigenvalue weighted by Gasteiger charge is -2.09. The molecular weight excluding hydrogens is 296 g/mol. The van der Waals surface area contributed by atoms with Gasteiger partial charge in [-0.2, -0.15) is 0 Å². The van der Waals surface area contributed by atoms with Crippen molar-refractivity contribution in [2.45, 2.75) is 19.5 Å². The van der Waals surface area contributed by atoms with Gasteiger partial charge in [0.2, 0.25) is 0 Å². The number of rotatable bonds is 5. The van der Waals surface area contributed by atoms with Crippen molar-refractivity contribution in [3.8, 4) is 0 Å². The minimum Gasteiger partial charge on any atom is -0.330 e. The van der Waals surface area contributed by atoms with Gasteiger partial charge in [0.25, 0.3) is 0 Å². The molecular formula is C18H17F2N3. The zero-order valence-corrected chi connectivity index (χ0v) is 12.5. The fourth-order valence-corrected chi connectivity index (χ4v) is 2.54. The molecule has 0 radical (unpaired) electrons. The van der Waals surface area contributed by atoms with E-state index in [9.17, 15) is 8.78 Å². The lowest BCUT2D eigenvalue weighted by Crippen LogP contribution is -2.06. The molecule has 3 aromatic rings. The Hall–Kier alpha value is -2.53. The lowest BCUT2D eigenvalue weighted by molar-refractivity contribution is 0.507. The molecule has 0 bridgehead atoms. The molecule has 118 valence electrons. The monoisotopic (exact) mass is 313 g/mol. The number of nitrogens with zero attached hydrogens (tertiary/aromatic N) is 2. The van der Waals surface area contributed by atoms with Crippen LogP contribution in [-0.2, 0) is 19.5 Å². The van der Waals surface area contributed by atoms with Gasteiger partial charge in [-0.1, -0.05) is 30.3 Å². The highest BCUT2D eigenvalue weighted by Gasteiger charge is 2.08. The molecule has 23 heavy (non-hydrogen) atoms. The van der Waals surface area contributed by atoms with Crippen molar-refractivity contribution in [3.05, 3.63) is 89.0 Å². The van der Waals surface area contributed by atoms with Gasteiger partial charge in [0.05, 0.1) is 0 Å². The molecule has 3 rings (SSSR count). The molecule has 2 aromatic carbocycles. The molecule has 0 unspecified atom stereocenters. The van der Waals surface area contributed by atoms with E-state index in [2.05, 4.69) is 11.1 Å². The molecule has 0 saturated carbocycles. The van der Waals surface area contributed by atoms with E-state index >= 15 is 0 Å². The highest BCUT2D eigenvalue weighted by Crippen LogP contribution is 2.14. The quantitative estimate of drug-likeness (QED) is 0.786. The van der Waals surface area contributed by atoms with Crippen LogP contribution in [0.15, 0.2) is 54.9 Å². The van der Waals surface area contributed by atoms with Crippen molar-refractivity contribution in [3.63, 3.8) is 0 Å². The predicted octanol–water partition coefficient (Wildman–Crippen LogP) is 3.26. The molecule has 0 fully saturated rings. The Balaban J connectivity index is 1.80. The van der Waals surface area contributed by atoms with Crippen molar-refractivity contribution in [1.82, 2.24) is 9.55 Å². The van der Waals surface area contributed by atoms with Crippen LogP contribution in [-0.4, -0.2) is 9.55 Å². The van der Waals surface area contributed by atoms with Gasteiger partial charge in [0, 0.05) is 31.9 Å². The van der Waals surface area contributed by atoms with Gasteiger partial charge in [-0.25, -0.2) is 13.8 Å². The molecule has 0 saturated heterocycles. The second-order valence-corrected chi connectivity index (χ2v) is 5.42. The van der Waals surface area contributed by atoms with Gasteiger partial charge in [-0.3, -0.25) is 0 Å². The Morgan fingerprint density at radius 2 is 1.78 bits per heavy atom. The van der Waals surface area contributed by atoms with E-state index in [0.717, 1.165) is 23.0 Å². The van der Waals surface area contributed by atoms with Crippen LogP contribution < -0.4 is 5.73 Å². The Bertz CT molecular complexity index is 812. The Labute approximate surface area is 133 Å². The van der Waals surface area contributed by atoms with Crippen molar-refractivity contribution in [2.24, 2.45) is 5.73 Å². The molecule has 0 atom stereocenters. The summed E-state index contributed by atoms with van der Waals surface area (Å²) in [4.78, 5) is 4.32. The van der Waals surface area contributed by atoms with Crippen LogP contribution in [0.25, 0.3) is 0 Å². The molecule has 0 aliphatic heterocycles. The predicted molar refractivity (Wildman–Crippen MR) is 84.8 cm³/mol. The fraction of sp³-hybridized carbons (Fsp3) is 0.167. The maximum Gasteiger partial charge on any atom is 0.159 e. The fourth-order valence-electron chi connectivity index (χ4n) is 2.54. The summed E-state index contributed by atoms with van der Waals surface area (Å²) in [6.45, 7) is 1.16. The smallest absolute Gasteiger partial charge is 0.159 e. The van der Waals surface area contributed by atoms with E-state index in [1.54, 1.807) is 12.3 Å². The zero-order chi connectivity index (χ0) is 16.2. The second kappa shape index (κ2) is 6.71. The first-order valence-corrected chi connectivity index (χ1v) is 7.37. The molecule has 0 spiro atoms. The maximum absolute atomic E-state index is 13.3. The summed E-state index contributed by atoms with van der Waals surface area (Å²) < 4.78 is 28.3. The average Bonchev–Trinajstić information content (AvgIpc) is 2.98. The molecule has 0 amide bonds. The van der Waals surface area contributed by atoms with E-state index in [1.807, 2.05) is 29.0 Å². The summed E-state index contributed by atoms with van der Waals surface area (Å²) in [5.41, 5.74) is 8.55. The maximum atomic E-state index is 13.3. The van der Waals surface area contributed by atoms with Gasteiger partial charge in [0.1, 0.15) is 5.82 Å². The van der Waals surface area contributed by atoms with Gasteiger partial charge >= 0.3 is 0 Å². The van der Waals surface area contributed by atoms with Gasteiger partial charge in [-0.15, -0.1) is 0 Å². The second-order valence-electron chi connectivity index (χ2n) is 5.42. The van der Waals surface area contributed by atoms with Crippen molar-refractivity contribution >= 4 is 0 Å². The molecule has 0 aliphatic carbocycles. The number of nitrogens with two attached hydrogens (primary N) is 1. The van der Waals surface area contributed by atoms with Crippen LogP contribution in [0.5, 0.6) is 0 Å². The lowest BCUT2D eigenvalue weighted by atomic mass is 10.1. The minimum absolute atomic E-state index is 0.445. The third-order valence-electron chi connectivity index (χ3n) is 3.73. The van der Waals surface area contributed by atoms with Crippen molar-refractivity contribution in [2.75, 3.05) is 0 Å². The number of halogens is 2. The van der Waals surface area contributed by atoms with E-state index in [1.165, 1.54) is 6.07 Å².